The van der Waals surface area contributed by atoms with E-state index in [1.807, 2.05) is 0 Å². The van der Waals surface area contributed by atoms with Gasteiger partial charge in [0.15, 0.2) is 0 Å². The zero-order valence-corrected chi connectivity index (χ0v) is 18.0. The van der Waals surface area contributed by atoms with Gasteiger partial charge in [0.2, 0.25) is 0 Å². The Morgan fingerprint density at radius 1 is 1.25 bits per heavy atom. The quantitative estimate of drug-likeness (QED) is 0.379. The summed E-state index contributed by atoms with van der Waals surface area (Å²) in [4.78, 5) is 25.1. The minimum atomic E-state index is -0.446. The van der Waals surface area contributed by atoms with Crippen LogP contribution in [-0.4, -0.2) is 39.6 Å². The van der Waals surface area contributed by atoms with Gasteiger partial charge in [-0.15, -0.1) is 0 Å². The Kier molecular flexibility index (Phi) is 5.22. The third kappa shape index (κ3) is 3.67. The first-order valence-corrected chi connectivity index (χ1v) is 10.9. The lowest BCUT2D eigenvalue weighted by molar-refractivity contribution is -0.384. The standard InChI is InChI=1S/C24H25N5O3/c1-16-5-10-21-20(13-16)19-3-2-4-22-24(19)28(21)12-11-27(22)15-23(30)26-25-14-17-6-8-18(9-7-17)29(31)32/h5-10,13-14,22H,2-4,11-12,15H2,1H3,(H,26,30)/b25-14-/t22-/m1/s1. The summed E-state index contributed by atoms with van der Waals surface area (Å²) < 4.78 is 2.45. The molecule has 1 N–H and O–H groups in total. The maximum Gasteiger partial charge on any atom is 0.269 e. The number of hydrogen-bond acceptors (Lipinski definition) is 5. The number of hydrogen-bond donors (Lipinski definition) is 1. The van der Waals surface area contributed by atoms with Crippen molar-refractivity contribution < 1.29 is 9.72 Å². The molecule has 8 nitrogen and oxygen atoms in total. The van der Waals surface area contributed by atoms with Crippen molar-refractivity contribution in [2.45, 2.75) is 38.8 Å². The summed E-state index contributed by atoms with van der Waals surface area (Å²) in [7, 11) is 0. The molecule has 2 aromatic carbocycles. The largest absolute Gasteiger partial charge is 0.342 e. The van der Waals surface area contributed by atoms with Crippen LogP contribution in [0, 0.1) is 17.0 Å². The highest BCUT2D eigenvalue weighted by atomic mass is 16.6. The molecule has 0 fully saturated rings. The van der Waals surface area contributed by atoms with Crippen LogP contribution in [0.3, 0.4) is 0 Å². The van der Waals surface area contributed by atoms with Gasteiger partial charge in [-0.2, -0.15) is 5.10 Å². The summed E-state index contributed by atoms with van der Waals surface area (Å²) in [5, 5.41) is 16.1. The molecule has 5 rings (SSSR count). The average molecular weight is 431 g/mol. The molecule has 32 heavy (non-hydrogen) atoms. The van der Waals surface area contributed by atoms with Crippen LogP contribution in [0.1, 0.15) is 41.3 Å². The van der Waals surface area contributed by atoms with Crippen molar-refractivity contribution in [3.8, 4) is 0 Å². The van der Waals surface area contributed by atoms with Crippen molar-refractivity contribution in [3.05, 3.63) is 75.0 Å². The van der Waals surface area contributed by atoms with Gasteiger partial charge in [-0.05, 0) is 61.6 Å². The number of nitrogens with one attached hydrogen (secondary N) is 1. The zero-order chi connectivity index (χ0) is 22.2. The fourth-order valence-electron chi connectivity index (χ4n) is 5.06. The summed E-state index contributed by atoms with van der Waals surface area (Å²) in [5.74, 6) is -0.157. The number of fused-ring (bicyclic) bond motifs is 3. The lowest BCUT2D eigenvalue weighted by Gasteiger charge is -2.39. The molecule has 164 valence electrons. The van der Waals surface area contributed by atoms with Crippen LogP contribution in [0.15, 0.2) is 47.6 Å². The second-order valence-corrected chi connectivity index (χ2v) is 8.56. The summed E-state index contributed by atoms with van der Waals surface area (Å²) in [5.41, 5.74) is 8.72. The number of benzene rings is 2. The molecule has 2 aliphatic rings. The molecule has 3 aromatic rings. The molecule has 0 spiro atoms. The van der Waals surface area contributed by atoms with Gasteiger partial charge >= 0.3 is 0 Å². The number of rotatable bonds is 5. The molecule has 0 saturated heterocycles. The summed E-state index contributed by atoms with van der Waals surface area (Å²) in [6.45, 7) is 4.14. The molecule has 8 heteroatoms. The van der Waals surface area contributed by atoms with Crippen LogP contribution in [0.25, 0.3) is 10.9 Å². The Labute approximate surface area is 185 Å². The van der Waals surface area contributed by atoms with Crippen molar-refractivity contribution >= 4 is 28.7 Å². The van der Waals surface area contributed by atoms with Crippen molar-refractivity contribution in [3.63, 3.8) is 0 Å². The minimum Gasteiger partial charge on any atom is -0.342 e. The third-order valence-electron chi connectivity index (χ3n) is 6.49. The normalized spacial score (nSPS) is 18.1. The van der Waals surface area contributed by atoms with E-state index in [2.05, 4.69) is 45.1 Å². The molecule has 1 aliphatic carbocycles. The molecule has 0 bridgehead atoms. The fraction of sp³-hybridized carbons (Fsp3) is 0.333. The molecule has 2 heterocycles. The molecule has 1 aliphatic heterocycles. The van der Waals surface area contributed by atoms with Crippen LogP contribution in [0.4, 0.5) is 5.69 Å². The van der Waals surface area contributed by atoms with E-state index in [0.717, 1.165) is 32.4 Å². The average Bonchev–Trinajstić information content (AvgIpc) is 3.10. The topological polar surface area (TPSA) is 92.8 Å². The van der Waals surface area contributed by atoms with Crippen molar-refractivity contribution in [1.29, 1.82) is 0 Å². The first-order chi connectivity index (χ1) is 15.5. The summed E-state index contributed by atoms with van der Waals surface area (Å²) in [6.07, 6.45) is 4.78. The second kappa shape index (κ2) is 8.20. The van der Waals surface area contributed by atoms with E-state index in [1.54, 1.807) is 12.1 Å². The minimum absolute atomic E-state index is 0.0238. The second-order valence-electron chi connectivity index (χ2n) is 8.56. The number of nitro benzene ring substituents is 1. The highest BCUT2D eigenvalue weighted by Crippen LogP contribution is 2.42. The van der Waals surface area contributed by atoms with Gasteiger partial charge < -0.3 is 4.57 Å². The van der Waals surface area contributed by atoms with E-state index in [0.29, 0.717) is 12.1 Å². The molecular formula is C24H25N5O3. The van der Waals surface area contributed by atoms with Gasteiger partial charge in [-0.3, -0.25) is 19.8 Å². The maximum atomic E-state index is 12.6. The van der Waals surface area contributed by atoms with Gasteiger partial charge in [0.1, 0.15) is 0 Å². The highest BCUT2D eigenvalue weighted by Gasteiger charge is 2.35. The molecule has 0 unspecified atom stereocenters. The Morgan fingerprint density at radius 3 is 2.84 bits per heavy atom. The van der Waals surface area contributed by atoms with Crippen LogP contribution < -0.4 is 5.43 Å². The first-order valence-electron chi connectivity index (χ1n) is 10.9. The monoisotopic (exact) mass is 431 g/mol. The molecule has 1 atom stereocenters. The summed E-state index contributed by atoms with van der Waals surface area (Å²) in [6, 6.07) is 13.0. The van der Waals surface area contributed by atoms with E-state index >= 15 is 0 Å². The lowest BCUT2D eigenvalue weighted by atomic mass is 9.89. The Morgan fingerprint density at radius 2 is 2.06 bits per heavy atom. The smallest absolute Gasteiger partial charge is 0.269 e. The number of nitrogens with zero attached hydrogens (tertiary/aromatic N) is 4. The first kappa shape index (κ1) is 20.4. The van der Waals surface area contributed by atoms with E-state index in [1.165, 1.54) is 46.1 Å². The predicted octanol–water partition coefficient (Wildman–Crippen LogP) is 3.70. The SMILES string of the molecule is Cc1ccc2c(c1)c1c3n2CCN(CC(=O)N/N=C\c2ccc([N+](=O)[O-])cc2)[C@@H]3CCC1. The van der Waals surface area contributed by atoms with Crippen molar-refractivity contribution in [1.82, 2.24) is 14.9 Å². The number of nitro groups is 1. The highest BCUT2D eigenvalue weighted by molar-refractivity contribution is 5.87. The summed E-state index contributed by atoms with van der Waals surface area (Å²) >= 11 is 0. The molecule has 0 saturated carbocycles. The Hall–Kier alpha value is -3.52. The number of aromatic nitrogens is 1. The lowest BCUT2D eigenvalue weighted by Crippen LogP contribution is -2.44. The fourth-order valence-corrected chi connectivity index (χ4v) is 5.06. The Bertz CT molecular complexity index is 1230. The number of carbonyl (C=O) groups is 1. The van der Waals surface area contributed by atoms with E-state index in [4.69, 9.17) is 0 Å². The van der Waals surface area contributed by atoms with Gasteiger partial charge in [0.25, 0.3) is 11.6 Å². The van der Waals surface area contributed by atoms with Crippen LogP contribution in [0.5, 0.6) is 0 Å². The number of amides is 1. The molecule has 0 radical (unpaired) electrons. The molecular weight excluding hydrogens is 406 g/mol. The maximum absolute atomic E-state index is 12.6. The predicted molar refractivity (Wildman–Crippen MR) is 123 cm³/mol. The van der Waals surface area contributed by atoms with Crippen LogP contribution in [0.2, 0.25) is 0 Å². The van der Waals surface area contributed by atoms with E-state index < -0.39 is 4.92 Å². The van der Waals surface area contributed by atoms with Crippen molar-refractivity contribution in [2.75, 3.05) is 13.1 Å². The number of hydrazone groups is 1. The van der Waals surface area contributed by atoms with E-state index in [-0.39, 0.29) is 17.6 Å². The number of aryl methyl sites for hydroxylation is 2. The van der Waals surface area contributed by atoms with Crippen LogP contribution >= 0.6 is 0 Å². The zero-order valence-electron chi connectivity index (χ0n) is 18.0. The van der Waals surface area contributed by atoms with Gasteiger partial charge in [0.05, 0.1) is 23.7 Å². The molecule has 1 amide bonds. The number of non-ortho nitro benzene ring substituents is 1. The van der Waals surface area contributed by atoms with Gasteiger partial charge in [-0.25, -0.2) is 5.43 Å². The Balaban J connectivity index is 1.28. The van der Waals surface area contributed by atoms with Crippen molar-refractivity contribution in [2.24, 2.45) is 5.10 Å². The number of carbonyl (C=O) groups excluding carboxylic acids is 1. The van der Waals surface area contributed by atoms with Crippen LogP contribution in [-0.2, 0) is 17.8 Å². The van der Waals surface area contributed by atoms with E-state index in [9.17, 15) is 14.9 Å². The third-order valence-corrected chi connectivity index (χ3v) is 6.49. The van der Waals surface area contributed by atoms with Gasteiger partial charge in [-0.1, -0.05) is 11.6 Å². The molecule has 1 aromatic heterocycles. The van der Waals surface area contributed by atoms with Gasteiger partial charge in [0, 0.05) is 41.8 Å².